The fourth-order valence-electron chi connectivity index (χ4n) is 6.91. The van der Waals surface area contributed by atoms with Crippen molar-refractivity contribution in [2.45, 2.75) is 82.1 Å². The van der Waals surface area contributed by atoms with E-state index in [-0.39, 0.29) is 40.8 Å². The van der Waals surface area contributed by atoms with Crippen LogP contribution in [0.2, 0.25) is 0 Å². The van der Waals surface area contributed by atoms with E-state index in [1.807, 2.05) is 18.6 Å². The summed E-state index contributed by atoms with van der Waals surface area (Å²) in [7, 11) is -2.94. The molecule has 4 heterocycles. The number of aryl methyl sites for hydroxylation is 1. The maximum atomic E-state index is 15.6. The Bertz CT molecular complexity index is 2850. The highest BCUT2D eigenvalue weighted by atomic mass is 32.2. The maximum absolute atomic E-state index is 15.6. The van der Waals surface area contributed by atoms with Crippen LogP contribution in [0.3, 0.4) is 0 Å². The summed E-state index contributed by atoms with van der Waals surface area (Å²) in [6.45, 7) is 4.01. The first-order valence-corrected chi connectivity index (χ1v) is 21.2. The molecular weight excluding hydrogens is 827 g/mol. The lowest BCUT2D eigenvalue weighted by Gasteiger charge is -2.25. The Morgan fingerprint density at radius 2 is 1.61 bits per heavy atom. The average molecular weight is 869 g/mol. The van der Waals surface area contributed by atoms with Gasteiger partial charge in [0.25, 0.3) is 21.5 Å². The summed E-state index contributed by atoms with van der Waals surface area (Å²) >= 11 is 0. The summed E-state index contributed by atoms with van der Waals surface area (Å²) < 4.78 is 73.1. The summed E-state index contributed by atoms with van der Waals surface area (Å²) in [5.41, 5.74) is -0.877. The Morgan fingerprint density at radius 1 is 0.887 bits per heavy atom. The Balaban J connectivity index is 1.07. The van der Waals surface area contributed by atoms with Gasteiger partial charge in [0.1, 0.15) is 30.4 Å². The van der Waals surface area contributed by atoms with E-state index in [9.17, 15) is 27.6 Å². The summed E-state index contributed by atoms with van der Waals surface area (Å²) in [5.74, 6) is -4.08. The van der Waals surface area contributed by atoms with Gasteiger partial charge in [-0.15, -0.1) is 0 Å². The number of halogens is 2. The van der Waals surface area contributed by atoms with Gasteiger partial charge in [0.2, 0.25) is 0 Å². The highest BCUT2D eigenvalue weighted by molar-refractivity contribution is 7.92. The Labute approximate surface area is 354 Å². The number of carbonyl (C=O) groups is 2. The molecule has 1 fully saturated rings. The molecule has 19 heteroatoms. The first-order valence-electron chi connectivity index (χ1n) is 19.8. The number of anilines is 1. The minimum Gasteiger partial charge on any atom is -0.461 e. The lowest BCUT2D eigenvalue weighted by atomic mass is 9.97. The van der Waals surface area contributed by atoms with Crippen molar-refractivity contribution in [3.8, 4) is 16.8 Å². The molecule has 2 N–H and O–H groups in total. The molecule has 322 valence electrons. The first kappa shape index (κ1) is 43.4. The van der Waals surface area contributed by atoms with E-state index in [4.69, 9.17) is 9.47 Å². The first-order chi connectivity index (χ1) is 29.7. The quantitative estimate of drug-likeness (QED) is 0.136. The third-order valence-corrected chi connectivity index (χ3v) is 11.7. The number of pyridine rings is 2. The van der Waals surface area contributed by atoms with Gasteiger partial charge in [-0.2, -0.15) is 0 Å². The Kier molecular flexibility index (Phi) is 12.9. The van der Waals surface area contributed by atoms with E-state index < -0.39 is 68.2 Å². The zero-order valence-corrected chi connectivity index (χ0v) is 34.7. The molecule has 4 aromatic heterocycles. The van der Waals surface area contributed by atoms with Crippen molar-refractivity contribution < 1.29 is 36.3 Å². The van der Waals surface area contributed by atoms with Gasteiger partial charge >= 0.3 is 11.7 Å². The molecule has 1 aliphatic carbocycles. The number of fused-ring (bicyclic) bond motifs is 1. The molecule has 16 nitrogen and oxygen atoms in total. The van der Waals surface area contributed by atoms with Crippen LogP contribution < -0.4 is 21.3 Å². The van der Waals surface area contributed by atoms with Crippen molar-refractivity contribution in [1.29, 1.82) is 0 Å². The lowest BCUT2D eigenvalue weighted by molar-refractivity contribution is -0.152. The largest absolute Gasteiger partial charge is 0.461 e. The van der Waals surface area contributed by atoms with E-state index in [1.165, 1.54) is 72.7 Å². The number of esters is 1. The van der Waals surface area contributed by atoms with Crippen LogP contribution in [0, 0.1) is 11.6 Å². The van der Waals surface area contributed by atoms with Gasteiger partial charge in [0.15, 0.2) is 5.82 Å². The molecule has 1 aliphatic rings. The zero-order chi connectivity index (χ0) is 44.1. The van der Waals surface area contributed by atoms with Crippen molar-refractivity contribution >= 4 is 38.5 Å². The van der Waals surface area contributed by atoms with Gasteiger partial charge in [-0.25, -0.2) is 41.3 Å². The molecule has 7 rings (SSSR count). The minimum atomic E-state index is -4.44. The normalized spacial score (nSPS) is 13.8. The molecule has 1 saturated carbocycles. The van der Waals surface area contributed by atoms with Crippen LogP contribution in [0.4, 0.5) is 14.5 Å². The number of carbonyl (C=O) groups excluding carboxylic acids is 2. The minimum absolute atomic E-state index is 0.00325. The zero-order valence-electron chi connectivity index (χ0n) is 33.9. The van der Waals surface area contributed by atoms with Gasteiger partial charge in [-0.1, -0.05) is 18.6 Å². The van der Waals surface area contributed by atoms with Gasteiger partial charge in [-0.3, -0.25) is 28.8 Å². The SMILES string of the molecule is CC(C)OCc1ncc(-c2ccc(S(=O)(=O)Nc3cc(F)c(C(=O)N[C@@H](Cc4ccc(-n5c(=O)c6ccncc6n(C)c5=O)cn4)C(=O)OC4CCCCC4)cc3F)cc2)cn1. The van der Waals surface area contributed by atoms with Crippen molar-refractivity contribution in [2.24, 2.45) is 7.05 Å². The maximum Gasteiger partial charge on any atom is 0.335 e. The number of aromatic nitrogens is 6. The second-order valence-corrected chi connectivity index (χ2v) is 16.7. The second-order valence-electron chi connectivity index (χ2n) is 15.0. The van der Waals surface area contributed by atoms with Crippen molar-refractivity contribution in [1.82, 2.24) is 34.4 Å². The topological polar surface area (TPSA) is 206 Å². The van der Waals surface area contributed by atoms with Gasteiger partial charge in [0.05, 0.1) is 51.2 Å². The fraction of sp³-hybridized carbons (Fsp3) is 0.302. The highest BCUT2D eigenvalue weighted by Gasteiger charge is 2.29. The van der Waals surface area contributed by atoms with Crippen LogP contribution in [-0.2, 0) is 44.4 Å². The predicted octanol–water partition coefficient (Wildman–Crippen LogP) is 5.16. The molecule has 0 saturated heterocycles. The summed E-state index contributed by atoms with van der Waals surface area (Å²) in [6.07, 6.45) is 10.5. The molecular formula is C43H42F2N8O8S. The smallest absolute Gasteiger partial charge is 0.335 e. The third-order valence-electron chi connectivity index (χ3n) is 10.3. The number of nitrogens with one attached hydrogen (secondary N) is 2. The number of amides is 1. The van der Waals surface area contributed by atoms with Gasteiger partial charge in [0, 0.05) is 49.4 Å². The Morgan fingerprint density at radius 3 is 2.29 bits per heavy atom. The van der Waals surface area contributed by atoms with Crippen LogP contribution >= 0.6 is 0 Å². The molecule has 0 radical (unpaired) electrons. The van der Waals surface area contributed by atoms with Crippen LogP contribution in [0.5, 0.6) is 0 Å². The van der Waals surface area contributed by atoms with Gasteiger partial charge in [-0.05, 0) is 81.5 Å². The molecule has 2 aromatic carbocycles. The van der Waals surface area contributed by atoms with Crippen LogP contribution in [0.1, 0.15) is 67.8 Å². The molecule has 6 aromatic rings. The molecule has 0 spiro atoms. The van der Waals surface area contributed by atoms with E-state index in [0.717, 1.165) is 23.8 Å². The monoisotopic (exact) mass is 868 g/mol. The lowest BCUT2D eigenvalue weighted by Crippen LogP contribution is -2.45. The van der Waals surface area contributed by atoms with Crippen molar-refractivity contribution in [3.63, 3.8) is 0 Å². The standard InChI is InChI=1S/C43H42F2N8O8S/c1-25(2)60-24-39-48-20-27(21-49-39)26-9-13-31(14-10-26)62(58,59)51-36-19-34(44)33(18-35(36)45)40(54)50-37(42(56)61-30-7-5-4-6-8-30)17-28-11-12-29(22-47-28)53-41(55)32-15-16-46-23-38(32)52(3)43(53)57/h9-16,18-23,25,30,37,51H,4-8,17,24H2,1-3H3,(H,50,54)/t37-/m0/s1. The second kappa shape index (κ2) is 18.5. The Hall–Kier alpha value is -6.73. The van der Waals surface area contributed by atoms with E-state index in [2.05, 4.69) is 25.3 Å². The van der Waals surface area contributed by atoms with E-state index >= 15 is 8.78 Å². The molecule has 1 amide bonds. The highest BCUT2D eigenvalue weighted by Crippen LogP contribution is 2.26. The van der Waals surface area contributed by atoms with E-state index in [1.54, 1.807) is 12.4 Å². The molecule has 0 bridgehead atoms. The number of hydrogen-bond acceptors (Lipinski definition) is 12. The number of nitrogens with zero attached hydrogens (tertiary/aromatic N) is 6. The third kappa shape index (κ3) is 9.74. The van der Waals surface area contributed by atoms with Crippen LogP contribution in [0.15, 0.2) is 100 Å². The summed E-state index contributed by atoms with van der Waals surface area (Å²) in [5, 5.41) is 2.68. The van der Waals surface area contributed by atoms with E-state index in [0.29, 0.717) is 47.4 Å². The van der Waals surface area contributed by atoms with Crippen LogP contribution in [-0.4, -0.2) is 67.6 Å². The number of hydrogen-bond donors (Lipinski definition) is 2. The van der Waals surface area contributed by atoms with Crippen LogP contribution in [0.25, 0.3) is 27.7 Å². The van der Waals surface area contributed by atoms with Crippen molar-refractivity contribution in [2.75, 3.05) is 4.72 Å². The average Bonchev–Trinajstić information content (AvgIpc) is 3.27. The number of benzene rings is 2. The summed E-state index contributed by atoms with van der Waals surface area (Å²) in [4.78, 5) is 70.2. The fourth-order valence-corrected chi connectivity index (χ4v) is 7.97. The molecule has 62 heavy (non-hydrogen) atoms. The molecule has 0 aliphatic heterocycles. The van der Waals surface area contributed by atoms with Crippen molar-refractivity contribution in [3.05, 3.63) is 135 Å². The molecule has 0 unspecified atom stereocenters. The number of rotatable bonds is 14. The predicted molar refractivity (Wildman–Crippen MR) is 223 cm³/mol. The molecule has 1 atom stereocenters. The summed E-state index contributed by atoms with van der Waals surface area (Å²) in [6, 6.07) is 9.59. The number of sulfonamides is 1. The number of ether oxygens (including phenoxy) is 2. The van der Waals surface area contributed by atoms with Gasteiger partial charge < -0.3 is 14.8 Å².